The Morgan fingerprint density at radius 3 is 2.94 bits per heavy atom. The molecule has 0 saturated heterocycles. The number of unbranched alkanes of at least 4 members (excludes halogenated alkanes) is 2. The molecule has 0 fully saturated rings. The fraction of sp³-hybridized carbons (Fsp3) is 0.643. The van der Waals surface area contributed by atoms with Crippen LogP contribution in [0.2, 0.25) is 0 Å². The fourth-order valence-corrected chi connectivity index (χ4v) is 1.66. The van der Waals surface area contributed by atoms with Crippen LogP contribution >= 0.6 is 0 Å². The highest BCUT2D eigenvalue weighted by molar-refractivity contribution is 5.25. The Kier molecular flexibility index (Phi) is 6.63. The molecule has 0 aliphatic carbocycles. The Labute approximate surface area is 105 Å². The fourth-order valence-electron chi connectivity index (χ4n) is 1.66. The highest BCUT2D eigenvalue weighted by Crippen LogP contribution is 2.14. The Bertz CT molecular complexity index is 315. The molecule has 3 heteroatoms. The molecule has 1 atom stereocenters. The molecule has 0 saturated carbocycles. The number of rotatable bonds is 8. The van der Waals surface area contributed by atoms with Gasteiger partial charge in [0.1, 0.15) is 11.9 Å². The van der Waals surface area contributed by atoms with Crippen LogP contribution in [0.5, 0.6) is 5.75 Å². The molecule has 0 amide bonds. The van der Waals surface area contributed by atoms with Crippen molar-refractivity contribution in [2.24, 2.45) is 0 Å². The number of pyridine rings is 1. The summed E-state index contributed by atoms with van der Waals surface area (Å²) in [5, 5.41) is 3.41. The zero-order chi connectivity index (χ0) is 12.5. The Hall–Kier alpha value is -1.09. The third-order valence-corrected chi connectivity index (χ3v) is 2.68. The van der Waals surface area contributed by atoms with E-state index in [9.17, 15) is 0 Å². The molecule has 1 aromatic heterocycles. The number of nitrogens with one attached hydrogen (secondary N) is 1. The van der Waals surface area contributed by atoms with Crippen LogP contribution < -0.4 is 10.1 Å². The lowest BCUT2D eigenvalue weighted by atomic mass is 10.2. The van der Waals surface area contributed by atoms with Crippen LogP contribution in [0.25, 0.3) is 0 Å². The Morgan fingerprint density at radius 1 is 1.41 bits per heavy atom. The first-order chi connectivity index (χ1) is 8.24. The van der Waals surface area contributed by atoms with E-state index in [1.165, 1.54) is 19.3 Å². The molecule has 0 spiro atoms. The summed E-state index contributed by atoms with van der Waals surface area (Å²) < 4.78 is 5.83. The minimum atomic E-state index is 0.180. The van der Waals surface area contributed by atoms with Crippen molar-refractivity contribution < 1.29 is 4.74 Å². The third-order valence-electron chi connectivity index (χ3n) is 2.68. The maximum Gasteiger partial charge on any atom is 0.140 e. The minimum absolute atomic E-state index is 0.180. The van der Waals surface area contributed by atoms with E-state index < -0.39 is 0 Å². The standard InChI is InChI=1S/C14H24N2O/c1-4-5-6-9-15-11-12(2)17-14-8-7-10-16-13(14)3/h7-8,10,12,15H,4-6,9,11H2,1-3H3. The zero-order valence-electron chi connectivity index (χ0n) is 11.2. The SMILES string of the molecule is CCCCCNCC(C)Oc1cccnc1C. The van der Waals surface area contributed by atoms with Crippen LogP contribution in [0, 0.1) is 6.92 Å². The molecule has 1 N–H and O–H groups in total. The van der Waals surface area contributed by atoms with Crippen LogP contribution in [0.4, 0.5) is 0 Å². The van der Waals surface area contributed by atoms with E-state index in [1.54, 1.807) is 6.20 Å². The smallest absolute Gasteiger partial charge is 0.140 e. The van der Waals surface area contributed by atoms with Crippen LogP contribution in [0.3, 0.4) is 0 Å². The topological polar surface area (TPSA) is 34.1 Å². The average molecular weight is 236 g/mol. The predicted octanol–water partition coefficient (Wildman–Crippen LogP) is 2.94. The van der Waals surface area contributed by atoms with Crippen molar-refractivity contribution in [1.82, 2.24) is 10.3 Å². The molecule has 0 aliphatic rings. The second-order valence-corrected chi connectivity index (χ2v) is 4.43. The van der Waals surface area contributed by atoms with Gasteiger partial charge in [0.2, 0.25) is 0 Å². The monoisotopic (exact) mass is 236 g/mol. The highest BCUT2D eigenvalue weighted by atomic mass is 16.5. The molecule has 1 unspecified atom stereocenters. The summed E-state index contributed by atoms with van der Waals surface area (Å²) in [7, 11) is 0. The van der Waals surface area contributed by atoms with Crippen LogP contribution in [-0.4, -0.2) is 24.2 Å². The summed E-state index contributed by atoms with van der Waals surface area (Å²) in [5.41, 5.74) is 0.949. The first kappa shape index (κ1) is 14.0. The molecular weight excluding hydrogens is 212 g/mol. The van der Waals surface area contributed by atoms with Gasteiger partial charge in [0, 0.05) is 12.7 Å². The van der Waals surface area contributed by atoms with Gasteiger partial charge < -0.3 is 10.1 Å². The summed E-state index contributed by atoms with van der Waals surface area (Å²) >= 11 is 0. The van der Waals surface area contributed by atoms with Gasteiger partial charge in [-0.25, -0.2) is 0 Å². The Balaban J connectivity index is 2.21. The number of hydrogen-bond acceptors (Lipinski definition) is 3. The second kappa shape index (κ2) is 8.07. The molecule has 96 valence electrons. The first-order valence-electron chi connectivity index (χ1n) is 6.53. The van der Waals surface area contributed by atoms with Gasteiger partial charge in [0.05, 0.1) is 5.69 Å². The van der Waals surface area contributed by atoms with Crippen molar-refractivity contribution in [1.29, 1.82) is 0 Å². The van der Waals surface area contributed by atoms with E-state index in [-0.39, 0.29) is 6.10 Å². The van der Waals surface area contributed by atoms with Crippen LogP contribution in [0.15, 0.2) is 18.3 Å². The van der Waals surface area contributed by atoms with Gasteiger partial charge in [-0.3, -0.25) is 4.98 Å². The van der Waals surface area contributed by atoms with Crippen molar-refractivity contribution in [3.63, 3.8) is 0 Å². The number of hydrogen-bond donors (Lipinski definition) is 1. The second-order valence-electron chi connectivity index (χ2n) is 4.43. The molecule has 0 bridgehead atoms. The lowest BCUT2D eigenvalue weighted by molar-refractivity contribution is 0.215. The predicted molar refractivity (Wildman–Crippen MR) is 71.5 cm³/mol. The van der Waals surface area contributed by atoms with Crippen LogP contribution in [0.1, 0.15) is 38.8 Å². The molecule has 0 aliphatic heterocycles. The zero-order valence-corrected chi connectivity index (χ0v) is 11.2. The molecular formula is C14H24N2O. The summed E-state index contributed by atoms with van der Waals surface area (Å²) in [6.07, 6.45) is 5.77. The summed E-state index contributed by atoms with van der Waals surface area (Å²) in [4.78, 5) is 4.21. The normalized spacial score (nSPS) is 12.4. The van der Waals surface area contributed by atoms with E-state index in [0.717, 1.165) is 24.5 Å². The molecule has 17 heavy (non-hydrogen) atoms. The van der Waals surface area contributed by atoms with Gasteiger partial charge in [-0.15, -0.1) is 0 Å². The van der Waals surface area contributed by atoms with Crippen molar-refractivity contribution >= 4 is 0 Å². The van der Waals surface area contributed by atoms with E-state index in [4.69, 9.17) is 4.74 Å². The lowest BCUT2D eigenvalue weighted by Gasteiger charge is -2.16. The van der Waals surface area contributed by atoms with E-state index >= 15 is 0 Å². The van der Waals surface area contributed by atoms with Gasteiger partial charge >= 0.3 is 0 Å². The maximum absolute atomic E-state index is 5.83. The quantitative estimate of drug-likeness (QED) is 0.705. The van der Waals surface area contributed by atoms with E-state index in [1.807, 2.05) is 19.1 Å². The van der Waals surface area contributed by atoms with Gasteiger partial charge in [0.25, 0.3) is 0 Å². The van der Waals surface area contributed by atoms with E-state index in [2.05, 4.69) is 24.1 Å². The molecule has 1 aromatic rings. The largest absolute Gasteiger partial charge is 0.487 e. The van der Waals surface area contributed by atoms with Gasteiger partial charge in [-0.2, -0.15) is 0 Å². The van der Waals surface area contributed by atoms with Crippen molar-refractivity contribution in [3.8, 4) is 5.75 Å². The molecule has 0 aromatic carbocycles. The van der Waals surface area contributed by atoms with Crippen molar-refractivity contribution in [2.75, 3.05) is 13.1 Å². The van der Waals surface area contributed by atoms with Gasteiger partial charge in [0.15, 0.2) is 0 Å². The molecule has 1 heterocycles. The van der Waals surface area contributed by atoms with Gasteiger partial charge in [-0.05, 0) is 38.9 Å². The summed E-state index contributed by atoms with van der Waals surface area (Å²) in [6, 6.07) is 3.87. The average Bonchev–Trinajstić information content (AvgIpc) is 2.32. The molecule has 1 rings (SSSR count). The number of ether oxygens (including phenoxy) is 1. The molecule has 0 radical (unpaired) electrons. The number of nitrogens with zero attached hydrogens (tertiary/aromatic N) is 1. The number of aryl methyl sites for hydroxylation is 1. The summed E-state index contributed by atoms with van der Waals surface area (Å²) in [6.45, 7) is 8.23. The third kappa shape index (κ3) is 5.68. The van der Waals surface area contributed by atoms with Crippen molar-refractivity contribution in [2.45, 2.75) is 46.1 Å². The van der Waals surface area contributed by atoms with Gasteiger partial charge in [-0.1, -0.05) is 19.8 Å². The number of aromatic nitrogens is 1. The highest BCUT2D eigenvalue weighted by Gasteiger charge is 2.05. The van der Waals surface area contributed by atoms with E-state index in [0.29, 0.717) is 0 Å². The maximum atomic E-state index is 5.83. The lowest BCUT2D eigenvalue weighted by Crippen LogP contribution is -2.29. The molecule has 3 nitrogen and oxygen atoms in total. The minimum Gasteiger partial charge on any atom is -0.487 e. The summed E-state index contributed by atoms with van der Waals surface area (Å²) in [5.74, 6) is 0.885. The first-order valence-corrected chi connectivity index (χ1v) is 6.53. The van der Waals surface area contributed by atoms with Crippen molar-refractivity contribution in [3.05, 3.63) is 24.0 Å². The Morgan fingerprint density at radius 2 is 2.24 bits per heavy atom. The van der Waals surface area contributed by atoms with Crippen LogP contribution in [-0.2, 0) is 0 Å².